The van der Waals surface area contributed by atoms with Gasteiger partial charge in [0, 0.05) is 24.8 Å². The average molecular weight is 373 g/mol. The lowest BCUT2D eigenvalue weighted by Crippen LogP contribution is -2.48. The molecular weight excluding hydrogens is 336 g/mol. The SMILES string of the molecule is CC(C)Oc1ccc(CN=C[C@@]2(CN3CCCC3)CCOC(C)(C)C2)cc1. The van der Waals surface area contributed by atoms with E-state index in [9.17, 15) is 0 Å². The van der Waals surface area contributed by atoms with E-state index in [1.54, 1.807) is 0 Å². The van der Waals surface area contributed by atoms with Gasteiger partial charge in [0.15, 0.2) is 0 Å². The molecule has 0 aromatic heterocycles. The third-order valence-corrected chi connectivity index (χ3v) is 5.54. The minimum absolute atomic E-state index is 0.0696. The molecule has 3 rings (SSSR count). The van der Waals surface area contributed by atoms with Crippen LogP contribution in [0.4, 0.5) is 0 Å². The van der Waals surface area contributed by atoms with E-state index in [2.05, 4.69) is 37.1 Å². The van der Waals surface area contributed by atoms with Crippen LogP contribution >= 0.6 is 0 Å². The van der Waals surface area contributed by atoms with Crippen LogP contribution < -0.4 is 4.74 Å². The smallest absolute Gasteiger partial charge is 0.119 e. The molecule has 1 aromatic rings. The first-order valence-electron chi connectivity index (χ1n) is 10.5. The molecule has 0 bridgehead atoms. The highest BCUT2D eigenvalue weighted by Crippen LogP contribution is 2.39. The molecule has 0 aliphatic carbocycles. The summed E-state index contributed by atoms with van der Waals surface area (Å²) in [6, 6.07) is 8.33. The average Bonchev–Trinajstić information content (AvgIpc) is 3.07. The van der Waals surface area contributed by atoms with Crippen molar-refractivity contribution in [3.63, 3.8) is 0 Å². The van der Waals surface area contributed by atoms with Crippen LogP contribution in [0.3, 0.4) is 0 Å². The number of likely N-dealkylation sites (tertiary alicyclic amines) is 1. The van der Waals surface area contributed by atoms with Gasteiger partial charge in [-0.3, -0.25) is 4.99 Å². The van der Waals surface area contributed by atoms with Crippen LogP contribution in [-0.2, 0) is 11.3 Å². The Balaban J connectivity index is 1.66. The van der Waals surface area contributed by atoms with Gasteiger partial charge in [-0.2, -0.15) is 0 Å². The molecule has 2 aliphatic heterocycles. The number of hydrogen-bond acceptors (Lipinski definition) is 4. The van der Waals surface area contributed by atoms with Crippen LogP contribution in [0, 0.1) is 5.41 Å². The highest BCUT2D eigenvalue weighted by Gasteiger charge is 2.41. The highest BCUT2D eigenvalue weighted by molar-refractivity contribution is 5.66. The van der Waals surface area contributed by atoms with Gasteiger partial charge in [0.05, 0.1) is 18.2 Å². The summed E-state index contributed by atoms with van der Waals surface area (Å²) in [5, 5.41) is 0. The van der Waals surface area contributed by atoms with E-state index in [1.165, 1.54) is 31.5 Å². The zero-order valence-electron chi connectivity index (χ0n) is 17.5. The topological polar surface area (TPSA) is 34.1 Å². The zero-order valence-corrected chi connectivity index (χ0v) is 17.5. The van der Waals surface area contributed by atoms with E-state index >= 15 is 0 Å². The van der Waals surface area contributed by atoms with Crippen LogP contribution in [0.5, 0.6) is 5.75 Å². The van der Waals surface area contributed by atoms with Gasteiger partial charge in [0.1, 0.15) is 5.75 Å². The van der Waals surface area contributed by atoms with E-state index in [1.807, 2.05) is 26.0 Å². The van der Waals surface area contributed by atoms with Gasteiger partial charge in [-0.25, -0.2) is 0 Å². The van der Waals surface area contributed by atoms with E-state index in [4.69, 9.17) is 14.5 Å². The molecule has 2 fully saturated rings. The van der Waals surface area contributed by atoms with Crippen molar-refractivity contribution in [1.29, 1.82) is 0 Å². The Kier molecular flexibility index (Phi) is 6.59. The summed E-state index contributed by atoms with van der Waals surface area (Å²) in [6.45, 7) is 13.7. The van der Waals surface area contributed by atoms with Crippen LogP contribution in [0.2, 0.25) is 0 Å². The monoisotopic (exact) mass is 372 g/mol. The number of aliphatic imine (C=N–C) groups is 1. The van der Waals surface area contributed by atoms with Gasteiger partial charge >= 0.3 is 0 Å². The Morgan fingerprint density at radius 2 is 1.89 bits per heavy atom. The Morgan fingerprint density at radius 3 is 2.52 bits per heavy atom. The maximum Gasteiger partial charge on any atom is 0.119 e. The summed E-state index contributed by atoms with van der Waals surface area (Å²) in [5.41, 5.74) is 1.29. The fraction of sp³-hybridized carbons (Fsp3) is 0.696. The van der Waals surface area contributed by atoms with Gasteiger partial charge in [-0.05, 0) is 84.2 Å². The normalized spacial score (nSPS) is 26.1. The molecular formula is C23H36N2O2. The molecule has 0 amide bonds. The first kappa shape index (κ1) is 20.3. The number of nitrogens with zero attached hydrogens (tertiary/aromatic N) is 2. The van der Waals surface area contributed by atoms with E-state index in [0.717, 1.165) is 38.3 Å². The molecule has 27 heavy (non-hydrogen) atoms. The van der Waals surface area contributed by atoms with Crippen LogP contribution in [-0.4, -0.2) is 49.1 Å². The minimum atomic E-state index is -0.0696. The molecule has 0 saturated carbocycles. The van der Waals surface area contributed by atoms with Gasteiger partial charge < -0.3 is 14.4 Å². The van der Waals surface area contributed by atoms with Crippen molar-refractivity contribution >= 4 is 6.21 Å². The molecule has 0 spiro atoms. The maximum atomic E-state index is 6.00. The molecule has 1 aromatic carbocycles. The Bertz CT molecular complexity index is 618. The van der Waals surface area contributed by atoms with Crippen LogP contribution in [0.1, 0.15) is 58.9 Å². The molecule has 0 N–H and O–H groups in total. The lowest BCUT2D eigenvalue weighted by atomic mass is 9.74. The fourth-order valence-corrected chi connectivity index (χ4v) is 4.48. The summed E-state index contributed by atoms with van der Waals surface area (Å²) in [5.74, 6) is 0.925. The second kappa shape index (κ2) is 8.74. The lowest BCUT2D eigenvalue weighted by molar-refractivity contribution is -0.0897. The fourth-order valence-electron chi connectivity index (χ4n) is 4.48. The number of benzene rings is 1. The predicted molar refractivity (Wildman–Crippen MR) is 112 cm³/mol. The van der Waals surface area contributed by atoms with Gasteiger partial charge in [-0.1, -0.05) is 12.1 Å². The predicted octanol–water partition coefficient (Wildman–Crippen LogP) is 4.72. The summed E-state index contributed by atoms with van der Waals surface area (Å²) in [4.78, 5) is 7.50. The lowest BCUT2D eigenvalue weighted by Gasteiger charge is -2.44. The molecule has 2 aliphatic rings. The van der Waals surface area contributed by atoms with Crippen molar-refractivity contribution in [2.45, 2.75) is 71.6 Å². The van der Waals surface area contributed by atoms with E-state index in [0.29, 0.717) is 0 Å². The third-order valence-electron chi connectivity index (χ3n) is 5.54. The Morgan fingerprint density at radius 1 is 1.19 bits per heavy atom. The summed E-state index contributed by atoms with van der Waals surface area (Å²) in [7, 11) is 0. The first-order chi connectivity index (χ1) is 12.9. The van der Waals surface area contributed by atoms with Gasteiger partial charge in [0.2, 0.25) is 0 Å². The molecule has 150 valence electrons. The Hall–Kier alpha value is -1.39. The molecule has 2 saturated heterocycles. The van der Waals surface area contributed by atoms with E-state index < -0.39 is 0 Å². The largest absolute Gasteiger partial charge is 0.491 e. The molecule has 4 heteroatoms. The second-order valence-electron chi connectivity index (χ2n) is 9.16. The van der Waals surface area contributed by atoms with Crippen molar-refractivity contribution < 1.29 is 9.47 Å². The highest BCUT2D eigenvalue weighted by atomic mass is 16.5. The molecule has 2 heterocycles. The third kappa shape index (κ3) is 6.05. The van der Waals surface area contributed by atoms with Crippen molar-refractivity contribution in [2.24, 2.45) is 10.4 Å². The van der Waals surface area contributed by atoms with Crippen molar-refractivity contribution in [2.75, 3.05) is 26.2 Å². The number of rotatable bonds is 7. The molecule has 4 nitrogen and oxygen atoms in total. The Labute approximate surface area is 165 Å². The quantitative estimate of drug-likeness (QED) is 0.650. The number of ether oxygens (including phenoxy) is 2. The summed E-state index contributed by atoms with van der Waals surface area (Å²) in [6.07, 6.45) is 7.24. The molecule has 0 radical (unpaired) electrons. The van der Waals surface area contributed by atoms with Crippen molar-refractivity contribution in [3.05, 3.63) is 29.8 Å². The first-order valence-corrected chi connectivity index (χ1v) is 10.5. The summed E-state index contributed by atoms with van der Waals surface area (Å²) < 4.78 is 11.7. The summed E-state index contributed by atoms with van der Waals surface area (Å²) >= 11 is 0. The standard InChI is InChI=1S/C23H36N2O2/c1-19(2)27-21-9-7-20(8-10-21)15-24-17-23(18-25-12-5-6-13-25)11-14-26-22(3,4)16-23/h7-10,17,19H,5-6,11-16,18H2,1-4H3/t23-/m1/s1. The number of hydrogen-bond donors (Lipinski definition) is 0. The van der Waals surface area contributed by atoms with Crippen molar-refractivity contribution in [1.82, 2.24) is 4.90 Å². The molecule has 0 unspecified atom stereocenters. The van der Waals surface area contributed by atoms with Gasteiger partial charge in [0.25, 0.3) is 0 Å². The molecule has 1 atom stereocenters. The van der Waals surface area contributed by atoms with Crippen molar-refractivity contribution in [3.8, 4) is 5.75 Å². The second-order valence-corrected chi connectivity index (χ2v) is 9.16. The minimum Gasteiger partial charge on any atom is -0.491 e. The van der Waals surface area contributed by atoms with E-state index in [-0.39, 0.29) is 17.1 Å². The van der Waals surface area contributed by atoms with Gasteiger partial charge in [-0.15, -0.1) is 0 Å². The van der Waals surface area contributed by atoms with Crippen LogP contribution in [0.25, 0.3) is 0 Å². The van der Waals surface area contributed by atoms with Crippen LogP contribution in [0.15, 0.2) is 29.3 Å². The zero-order chi connectivity index (χ0) is 19.3. The maximum absolute atomic E-state index is 6.00.